The van der Waals surface area contributed by atoms with Gasteiger partial charge < -0.3 is 30.2 Å². The van der Waals surface area contributed by atoms with Gasteiger partial charge in [0.15, 0.2) is 18.0 Å². The number of carbonyl (C=O) groups excluding carboxylic acids is 5. The molecule has 3 atom stereocenters. The Morgan fingerprint density at radius 1 is 0.677 bits per heavy atom. The first-order chi connectivity index (χ1) is 31.3. The van der Waals surface area contributed by atoms with Gasteiger partial charge in [-0.15, -0.1) is 0 Å². The van der Waals surface area contributed by atoms with Gasteiger partial charge in [0.2, 0.25) is 11.4 Å². The van der Waals surface area contributed by atoms with Crippen LogP contribution in [0.2, 0.25) is 0 Å². The molecule has 0 spiro atoms. The van der Waals surface area contributed by atoms with Crippen molar-refractivity contribution in [3.63, 3.8) is 0 Å². The fraction of sp³-hybridized carbons (Fsp3) is 0.679. The molecule has 2 aromatic rings. The highest BCUT2D eigenvalue weighted by atomic mass is 16.6. The maximum Gasteiger partial charge on any atom is 0.417 e. The lowest BCUT2D eigenvalue weighted by Gasteiger charge is -2.40. The van der Waals surface area contributed by atoms with Gasteiger partial charge in [-0.25, -0.2) is 19.3 Å². The van der Waals surface area contributed by atoms with Crippen molar-refractivity contribution in [2.24, 2.45) is 5.73 Å². The van der Waals surface area contributed by atoms with Gasteiger partial charge in [0.1, 0.15) is 12.2 Å². The summed E-state index contributed by atoms with van der Waals surface area (Å²) in [5.74, 6) is -4.39. The molecule has 0 aliphatic heterocycles. The number of esters is 2. The number of fused-ring (bicyclic) bond motifs is 3. The van der Waals surface area contributed by atoms with E-state index in [9.17, 15) is 24.6 Å². The molecule has 0 saturated carbocycles. The van der Waals surface area contributed by atoms with E-state index in [0.29, 0.717) is 37.0 Å². The van der Waals surface area contributed by atoms with Gasteiger partial charge in [-0.3, -0.25) is 9.59 Å². The third-order valence-corrected chi connectivity index (χ3v) is 12.4. The summed E-state index contributed by atoms with van der Waals surface area (Å²) >= 11 is 0. The zero-order valence-corrected chi connectivity index (χ0v) is 40.4. The number of ether oxygens (including phenoxy) is 3. The van der Waals surface area contributed by atoms with Gasteiger partial charge in [0.25, 0.3) is 0 Å². The second-order valence-corrected chi connectivity index (χ2v) is 18.8. The number of aliphatic hydroxyl groups is 2. The van der Waals surface area contributed by atoms with Gasteiger partial charge >= 0.3 is 18.0 Å². The Morgan fingerprint density at radius 3 is 1.63 bits per heavy atom. The van der Waals surface area contributed by atoms with E-state index in [4.69, 9.17) is 19.9 Å². The van der Waals surface area contributed by atoms with Crippen molar-refractivity contribution in [1.29, 1.82) is 0 Å². The number of hydrogen-bond acceptors (Lipinski definition) is 11. The van der Waals surface area contributed by atoms with Gasteiger partial charge in [0, 0.05) is 18.8 Å². The minimum Gasteiger partial charge on any atom is -0.458 e. The second-order valence-electron chi connectivity index (χ2n) is 18.8. The minimum atomic E-state index is -2.56. The highest BCUT2D eigenvalue weighted by Crippen LogP contribution is 2.45. The SMILES string of the molecule is CCCCCCCCCCCC(=O)N(C(=O)OCC1c2ccccc2-c2ccccc21)[C@](CCCCN)(C(=O)CCCCCCCCCCC)C(=O)OC(CO)C(O)C(=O)OC(C)(C)C. The molecule has 3 rings (SSSR count). The summed E-state index contributed by atoms with van der Waals surface area (Å²) in [5, 5.41) is 21.5. The molecule has 0 aromatic heterocycles. The smallest absolute Gasteiger partial charge is 0.417 e. The lowest BCUT2D eigenvalue weighted by molar-refractivity contribution is -0.187. The maximum absolute atomic E-state index is 15.1. The molecular formula is C53H82N2O10. The highest BCUT2D eigenvalue weighted by molar-refractivity contribution is 6.15. The van der Waals surface area contributed by atoms with Crippen LogP contribution >= 0.6 is 0 Å². The number of nitrogens with two attached hydrogens (primary N) is 1. The second kappa shape index (κ2) is 29.5. The Kier molecular flexibility index (Phi) is 25.0. The van der Waals surface area contributed by atoms with Crippen LogP contribution < -0.4 is 5.73 Å². The Morgan fingerprint density at radius 2 is 1.15 bits per heavy atom. The van der Waals surface area contributed by atoms with E-state index in [1.54, 1.807) is 20.8 Å². The molecule has 0 bridgehead atoms. The number of Topliss-reactive ketones (excluding diaryl/α,β-unsaturated/α-hetero) is 1. The number of amides is 2. The van der Waals surface area contributed by atoms with E-state index in [1.807, 2.05) is 48.5 Å². The summed E-state index contributed by atoms with van der Waals surface area (Å²) in [5.41, 5.74) is 6.22. The van der Waals surface area contributed by atoms with E-state index in [0.717, 1.165) is 86.5 Å². The van der Waals surface area contributed by atoms with Crippen LogP contribution in [0.4, 0.5) is 4.79 Å². The van der Waals surface area contributed by atoms with Crippen LogP contribution in [0.25, 0.3) is 11.1 Å². The topological polar surface area (TPSA) is 183 Å². The molecule has 0 fully saturated rings. The van der Waals surface area contributed by atoms with Crippen LogP contribution in [-0.2, 0) is 33.4 Å². The average molecular weight is 907 g/mol. The van der Waals surface area contributed by atoms with E-state index in [1.165, 1.54) is 25.7 Å². The van der Waals surface area contributed by atoms with Crippen molar-refractivity contribution in [1.82, 2.24) is 4.90 Å². The van der Waals surface area contributed by atoms with Crippen molar-refractivity contribution in [3.8, 4) is 11.1 Å². The number of imide groups is 1. The van der Waals surface area contributed by atoms with Gasteiger partial charge in [-0.05, 0) is 81.7 Å². The van der Waals surface area contributed by atoms with E-state index in [-0.39, 0.29) is 44.8 Å². The molecule has 1 aliphatic rings. The number of rotatable bonds is 33. The van der Waals surface area contributed by atoms with Crippen molar-refractivity contribution < 1.29 is 48.4 Å². The van der Waals surface area contributed by atoms with Crippen LogP contribution in [0.15, 0.2) is 48.5 Å². The van der Waals surface area contributed by atoms with Gasteiger partial charge in [-0.1, -0.05) is 165 Å². The Hall–Kier alpha value is -4.13. The molecule has 364 valence electrons. The molecule has 65 heavy (non-hydrogen) atoms. The maximum atomic E-state index is 15.1. The Labute approximate surface area is 389 Å². The first-order valence-electron chi connectivity index (χ1n) is 24.9. The van der Waals surface area contributed by atoms with Crippen LogP contribution in [0.3, 0.4) is 0 Å². The molecule has 12 nitrogen and oxygen atoms in total. The standard InChI is InChI=1S/C53H82N2O10/c1-6-8-10-12-14-16-18-20-22-34-46(57)53(36-28-29-37-54,50(61)64-45(38-56)48(59)49(60)65-52(3,4)5)55(47(58)35-23-21-19-17-15-13-11-9-7-2)51(62)63-39-44-42-32-26-24-30-40(42)41-31-25-27-33-43(41)44/h24-27,30-33,44-45,48,56,59H,6-23,28-29,34-39,54H2,1-5H3/t45?,48?,53-/m1/s1. The zero-order valence-electron chi connectivity index (χ0n) is 40.4. The summed E-state index contributed by atoms with van der Waals surface area (Å²) in [4.78, 5) is 73.6. The molecule has 12 heteroatoms. The molecule has 0 radical (unpaired) electrons. The number of nitrogens with zero attached hydrogens (tertiary/aromatic N) is 1. The highest BCUT2D eigenvalue weighted by Gasteiger charge is 2.57. The summed E-state index contributed by atoms with van der Waals surface area (Å²) < 4.78 is 17.2. The monoisotopic (exact) mass is 907 g/mol. The number of aliphatic hydroxyl groups excluding tert-OH is 2. The molecular weight excluding hydrogens is 825 g/mol. The van der Waals surface area contributed by atoms with Crippen molar-refractivity contribution in [3.05, 3.63) is 59.7 Å². The molecule has 2 unspecified atom stereocenters. The summed E-state index contributed by atoms with van der Waals surface area (Å²) in [7, 11) is 0. The number of carbonyl (C=O) groups is 5. The number of ketones is 1. The first-order valence-corrected chi connectivity index (χ1v) is 24.9. The number of hydrogen-bond donors (Lipinski definition) is 3. The third-order valence-electron chi connectivity index (χ3n) is 12.4. The zero-order chi connectivity index (χ0) is 47.7. The van der Waals surface area contributed by atoms with Crippen LogP contribution in [0.5, 0.6) is 0 Å². The summed E-state index contributed by atoms with van der Waals surface area (Å²) in [6.07, 6.45) is 12.1. The molecule has 0 heterocycles. The third kappa shape index (κ3) is 17.2. The van der Waals surface area contributed by atoms with E-state index >= 15 is 9.59 Å². The summed E-state index contributed by atoms with van der Waals surface area (Å²) in [6, 6.07) is 15.6. The minimum absolute atomic E-state index is 0.145. The van der Waals surface area contributed by atoms with Crippen molar-refractivity contribution in [2.45, 2.75) is 212 Å². The predicted octanol–water partition coefficient (Wildman–Crippen LogP) is 10.6. The summed E-state index contributed by atoms with van der Waals surface area (Å²) in [6.45, 7) is 8.13. The molecule has 2 aromatic carbocycles. The van der Waals surface area contributed by atoms with Crippen LogP contribution in [0, 0.1) is 0 Å². The van der Waals surface area contributed by atoms with Gasteiger partial charge in [0.05, 0.1) is 6.61 Å². The van der Waals surface area contributed by atoms with Crippen molar-refractivity contribution in [2.75, 3.05) is 19.8 Å². The molecule has 0 saturated heterocycles. The average Bonchev–Trinajstić information content (AvgIpc) is 3.60. The van der Waals surface area contributed by atoms with Crippen molar-refractivity contribution >= 4 is 29.7 Å². The van der Waals surface area contributed by atoms with Crippen LogP contribution in [0.1, 0.15) is 199 Å². The lowest BCUT2D eigenvalue weighted by atomic mass is 9.82. The van der Waals surface area contributed by atoms with Crippen LogP contribution in [-0.4, -0.2) is 87.9 Å². The number of benzene rings is 2. The normalized spacial score (nSPS) is 14.2. The molecule has 1 aliphatic carbocycles. The Bertz CT molecular complexity index is 1710. The first kappa shape index (κ1) is 55.2. The quantitative estimate of drug-likeness (QED) is 0.0268. The predicted molar refractivity (Wildman–Crippen MR) is 255 cm³/mol. The largest absolute Gasteiger partial charge is 0.458 e. The lowest BCUT2D eigenvalue weighted by Crippen LogP contribution is -2.65. The molecule has 4 N–H and O–H groups in total. The molecule has 2 amide bonds. The van der Waals surface area contributed by atoms with E-state index in [2.05, 4.69) is 13.8 Å². The Balaban J connectivity index is 2.06. The fourth-order valence-corrected chi connectivity index (χ4v) is 8.79. The number of unbranched alkanes of at least 4 members (excludes halogenated alkanes) is 17. The fourth-order valence-electron chi connectivity index (χ4n) is 8.79. The van der Waals surface area contributed by atoms with Gasteiger partial charge in [-0.2, -0.15) is 0 Å². The van der Waals surface area contributed by atoms with E-state index < -0.39 is 59.7 Å².